The number of aliphatic hydroxyl groups excluding tert-OH is 1. The summed E-state index contributed by atoms with van der Waals surface area (Å²) in [5.74, 6) is 0.198. The SMILES string of the molecule is C=C[C@H]1CC[C@H](O)[C@H](N(Cc2ccccc2)S(=O)(=O)c2ccc3ccccc3c2)C1. The topological polar surface area (TPSA) is 57.6 Å². The molecule has 0 unspecified atom stereocenters. The number of allylic oxidation sites excluding steroid dienone is 1. The van der Waals surface area contributed by atoms with Gasteiger partial charge in [-0.15, -0.1) is 6.58 Å². The molecule has 5 heteroatoms. The fraction of sp³-hybridized carbons (Fsp3) is 0.280. The van der Waals surface area contributed by atoms with Crippen molar-refractivity contribution < 1.29 is 13.5 Å². The molecule has 0 bridgehead atoms. The van der Waals surface area contributed by atoms with Gasteiger partial charge in [-0.2, -0.15) is 4.31 Å². The number of benzene rings is 3. The first-order chi connectivity index (χ1) is 14.5. The lowest BCUT2D eigenvalue weighted by atomic mass is 9.84. The minimum Gasteiger partial charge on any atom is -0.391 e. The highest BCUT2D eigenvalue weighted by atomic mass is 32.2. The molecule has 0 radical (unpaired) electrons. The fourth-order valence-electron chi connectivity index (χ4n) is 4.29. The van der Waals surface area contributed by atoms with Crippen molar-refractivity contribution in [1.82, 2.24) is 4.31 Å². The van der Waals surface area contributed by atoms with Gasteiger partial charge in [0.05, 0.1) is 17.0 Å². The van der Waals surface area contributed by atoms with E-state index in [1.54, 1.807) is 12.1 Å². The standard InChI is InChI=1S/C25H27NO3S/c1-2-19-12-15-25(27)24(16-19)26(18-20-8-4-3-5-9-20)30(28,29)23-14-13-21-10-6-7-11-22(21)17-23/h2-11,13-14,17,19,24-25,27H,1,12,15-16,18H2/t19-,24+,25-/m0/s1. The summed E-state index contributed by atoms with van der Waals surface area (Å²) in [6, 6.07) is 22.0. The molecule has 4 rings (SSSR count). The maximum absolute atomic E-state index is 13.8. The van der Waals surface area contributed by atoms with Gasteiger partial charge >= 0.3 is 0 Å². The van der Waals surface area contributed by atoms with Crippen LogP contribution in [0.2, 0.25) is 0 Å². The summed E-state index contributed by atoms with van der Waals surface area (Å²) in [5.41, 5.74) is 0.898. The van der Waals surface area contributed by atoms with Gasteiger partial charge in [0.15, 0.2) is 0 Å². The van der Waals surface area contributed by atoms with E-state index < -0.39 is 22.2 Å². The second-order valence-electron chi connectivity index (χ2n) is 7.99. The average Bonchev–Trinajstić information content (AvgIpc) is 2.78. The Morgan fingerprint density at radius 1 is 0.967 bits per heavy atom. The molecule has 0 heterocycles. The summed E-state index contributed by atoms with van der Waals surface area (Å²) in [4.78, 5) is 0.255. The number of rotatable bonds is 6. The molecule has 1 aliphatic rings. The molecule has 1 aliphatic carbocycles. The molecule has 0 saturated heterocycles. The van der Waals surface area contributed by atoms with Gasteiger partial charge in [0.25, 0.3) is 0 Å². The predicted octanol–water partition coefficient (Wildman–Crippen LogP) is 4.75. The zero-order valence-corrected chi connectivity index (χ0v) is 17.7. The molecular formula is C25H27NO3S. The second kappa shape index (κ2) is 8.72. The van der Waals surface area contributed by atoms with E-state index in [0.717, 1.165) is 22.8 Å². The van der Waals surface area contributed by atoms with Crippen LogP contribution in [0.15, 0.2) is 90.3 Å². The van der Waals surface area contributed by atoms with Gasteiger partial charge < -0.3 is 5.11 Å². The lowest BCUT2D eigenvalue weighted by Crippen LogP contribution is -2.49. The van der Waals surface area contributed by atoms with Crippen molar-refractivity contribution in [3.05, 3.63) is 91.0 Å². The van der Waals surface area contributed by atoms with Crippen LogP contribution in [0.1, 0.15) is 24.8 Å². The van der Waals surface area contributed by atoms with Gasteiger partial charge in [-0.1, -0.05) is 66.7 Å². The van der Waals surface area contributed by atoms with Crippen LogP contribution in [0.3, 0.4) is 0 Å². The molecule has 156 valence electrons. The summed E-state index contributed by atoms with van der Waals surface area (Å²) >= 11 is 0. The van der Waals surface area contributed by atoms with Crippen molar-refractivity contribution in [2.45, 2.75) is 42.8 Å². The third kappa shape index (κ3) is 4.19. The van der Waals surface area contributed by atoms with Crippen LogP contribution in [0.5, 0.6) is 0 Å². The fourth-order valence-corrected chi connectivity index (χ4v) is 5.98. The molecule has 0 aromatic heterocycles. The summed E-state index contributed by atoms with van der Waals surface area (Å²) in [6.45, 7) is 4.12. The van der Waals surface area contributed by atoms with Gasteiger partial charge in [-0.3, -0.25) is 0 Å². The number of aliphatic hydroxyl groups is 1. The zero-order valence-electron chi connectivity index (χ0n) is 16.9. The van der Waals surface area contributed by atoms with Crippen LogP contribution in [0.25, 0.3) is 10.8 Å². The van der Waals surface area contributed by atoms with Crippen LogP contribution in [0.4, 0.5) is 0 Å². The molecule has 3 atom stereocenters. The average molecular weight is 422 g/mol. The third-order valence-corrected chi connectivity index (χ3v) is 7.90. The molecule has 0 amide bonds. The number of nitrogens with zero attached hydrogens (tertiary/aromatic N) is 1. The molecule has 0 spiro atoms. The Balaban J connectivity index is 1.77. The normalized spacial score (nSPS) is 22.3. The number of hydrogen-bond acceptors (Lipinski definition) is 3. The summed E-state index contributed by atoms with van der Waals surface area (Å²) < 4.78 is 29.1. The van der Waals surface area contributed by atoms with Gasteiger partial charge in [0.2, 0.25) is 10.0 Å². The van der Waals surface area contributed by atoms with Crippen molar-refractivity contribution in [2.75, 3.05) is 0 Å². The van der Waals surface area contributed by atoms with Gasteiger partial charge in [-0.25, -0.2) is 8.42 Å². The molecule has 1 saturated carbocycles. The van der Waals surface area contributed by atoms with Crippen LogP contribution in [0, 0.1) is 5.92 Å². The smallest absolute Gasteiger partial charge is 0.243 e. The molecule has 3 aromatic rings. The Kier molecular flexibility index (Phi) is 6.04. The molecule has 3 aromatic carbocycles. The Morgan fingerprint density at radius 3 is 2.40 bits per heavy atom. The summed E-state index contributed by atoms with van der Waals surface area (Å²) in [7, 11) is -3.82. The van der Waals surface area contributed by atoms with Gasteiger partial charge in [0.1, 0.15) is 0 Å². The second-order valence-corrected chi connectivity index (χ2v) is 9.88. The molecule has 1 fully saturated rings. The highest BCUT2D eigenvalue weighted by Gasteiger charge is 2.39. The van der Waals surface area contributed by atoms with Crippen LogP contribution < -0.4 is 0 Å². The van der Waals surface area contributed by atoms with Crippen LogP contribution in [-0.2, 0) is 16.6 Å². The van der Waals surface area contributed by atoms with Crippen molar-refractivity contribution in [3.8, 4) is 0 Å². The van der Waals surface area contributed by atoms with E-state index in [9.17, 15) is 13.5 Å². The first kappa shape index (κ1) is 20.8. The van der Waals surface area contributed by atoms with Crippen molar-refractivity contribution >= 4 is 20.8 Å². The lowest BCUT2D eigenvalue weighted by molar-refractivity contribution is 0.0418. The Hall–Kier alpha value is -2.47. The van der Waals surface area contributed by atoms with Gasteiger partial charge in [0, 0.05) is 6.54 Å². The molecular weight excluding hydrogens is 394 g/mol. The zero-order chi connectivity index (χ0) is 21.1. The van der Waals surface area contributed by atoms with E-state index >= 15 is 0 Å². The van der Waals surface area contributed by atoms with E-state index in [4.69, 9.17) is 0 Å². The summed E-state index contributed by atoms with van der Waals surface area (Å²) in [6.07, 6.45) is 3.16. The van der Waals surface area contributed by atoms with Crippen LogP contribution in [-0.4, -0.2) is 30.0 Å². The highest BCUT2D eigenvalue weighted by molar-refractivity contribution is 7.89. The quantitative estimate of drug-likeness (QED) is 0.585. The van der Waals surface area contributed by atoms with Crippen molar-refractivity contribution in [1.29, 1.82) is 0 Å². The number of hydrogen-bond donors (Lipinski definition) is 1. The van der Waals surface area contributed by atoms with Crippen molar-refractivity contribution in [2.24, 2.45) is 5.92 Å². The van der Waals surface area contributed by atoms with Gasteiger partial charge in [-0.05, 0) is 53.6 Å². The molecule has 0 aliphatic heterocycles. The Labute approximate surface area is 178 Å². The maximum atomic E-state index is 13.8. The number of fused-ring (bicyclic) bond motifs is 1. The van der Waals surface area contributed by atoms with Crippen molar-refractivity contribution in [3.63, 3.8) is 0 Å². The van der Waals surface area contributed by atoms with E-state index in [0.29, 0.717) is 12.8 Å². The molecule has 4 nitrogen and oxygen atoms in total. The minimum atomic E-state index is -3.82. The lowest BCUT2D eigenvalue weighted by Gasteiger charge is -2.39. The largest absolute Gasteiger partial charge is 0.391 e. The van der Waals surface area contributed by atoms with E-state index in [1.807, 2.05) is 66.7 Å². The minimum absolute atomic E-state index is 0.198. The molecule has 30 heavy (non-hydrogen) atoms. The maximum Gasteiger partial charge on any atom is 0.243 e. The monoisotopic (exact) mass is 421 g/mol. The first-order valence-corrected chi connectivity index (χ1v) is 11.8. The predicted molar refractivity (Wildman–Crippen MR) is 120 cm³/mol. The van der Waals surface area contributed by atoms with E-state index in [-0.39, 0.29) is 17.4 Å². The Morgan fingerprint density at radius 2 is 1.67 bits per heavy atom. The highest BCUT2D eigenvalue weighted by Crippen LogP contribution is 2.34. The third-order valence-electron chi connectivity index (χ3n) is 6.03. The van der Waals surface area contributed by atoms with E-state index in [1.165, 1.54) is 4.31 Å². The van der Waals surface area contributed by atoms with Crippen LogP contribution >= 0.6 is 0 Å². The number of sulfonamides is 1. The summed E-state index contributed by atoms with van der Waals surface area (Å²) in [5, 5.41) is 12.6. The first-order valence-electron chi connectivity index (χ1n) is 10.3. The molecule has 1 N–H and O–H groups in total. The Bertz CT molecular complexity index is 1130. The van der Waals surface area contributed by atoms with E-state index in [2.05, 4.69) is 6.58 Å².